The Labute approximate surface area is 269 Å². The van der Waals surface area contributed by atoms with Gasteiger partial charge in [0.1, 0.15) is 6.04 Å². The Balaban J connectivity index is 3.67. The van der Waals surface area contributed by atoms with Crippen LogP contribution in [-0.4, -0.2) is 24.5 Å². The van der Waals surface area contributed by atoms with Crippen molar-refractivity contribution in [2.45, 2.75) is 219 Å². The minimum absolute atomic E-state index is 0.00970. The van der Waals surface area contributed by atoms with E-state index in [4.69, 9.17) is 4.74 Å². The summed E-state index contributed by atoms with van der Waals surface area (Å²) in [7, 11) is 0. The monoisotopic (exact) mass is 606 g/mol. The lowest BCUT2D eigenvalue weighted by molar-refractivity contribution is -0.148. The number of carbonyl (C=O) groups excluding carboxylic acids is 2. The molecule has 1 amide bonds. The van der Waals surface area contributed by atoms with Crippen LogP contribution >= 0.6 is 0 Å². The number of hydrogen-bond acceptors (Lipinski definition) is 3. The molecule has 0 spiro atoms. The van der Waals surface area contributed by atoms with Gasteiger partial charge in [-0.25, -0.2) is 4.79 Å². The summed E-state index contributed by atoms with van der Waals surface area (Å²) in [5.41, 5.74) is 0. The van der Waals surface area contributed by atoms with Gasteiger partial charge in [0, 0.05) is 6.42 Å². The average molecular weight is 606 g/mol. The quantitative estimate of drug-likeness (QED) is 0.0451. The van der Waals surface area contributed by atoms with E-state index in [-0.39, 0.29) is 11.9 Å². The van der Waals surface area contributed by atoms with Gasteiger partial charge < -0.3 is 10.1 Å². The summed E-state index contributed by atoms with van der Waals surface area (Å²) < 4.78 is 5.54. The number of ether oxygens (including phenoxy) is 1. The zero-order chi connectivity index (χ0) is 31.5. The summed E-state index contributed by atoms with van der Waals surface area (Å²) in [4.78, 5) is 25.0. The Morgan fingerprint density at radius 3 is 1.35 bits per heavy atom. The average Bonchev–Trinajstić information content (AvgIpc) is 3.00. The van der Waals surface area contributed by atoms with Crippen LogP contribution in [0.4, 0.5) is 0 Å². The molecule has 4 nitrogen and oxygen atoms in total. The van der Waals surface area contributed by atoms with Crippen LogP contribution in [0.2, 0.25) is 0 Å². The number of carbonyl (C=O) groups is 2. The molecule has 0 aromatic rings. The number of unbranched alkanes of at least 4 members (excludes halogenated alkanes) is 24. The molecule has 4 heteroatoms. The number of hydrogen-bond donors (Lipinski definition) is 1. The molecule has 0 aliphatic rings. The van der Waals surface area contributed by atoms with Crippen LogP contribution in [0.1, 0.15) is 213 Å². The molecule has 1 N–H and O–H groups in total. The highest BCUT2D eigenvalue weighted by atomic mass is 16.5. The summed E-state index contributed by atoms with van der Waals surface area (Å²) in [6.07, 6.45) is 41.4. The summed E-state index contributed by atoms with van der Waals surface area (Å²) in [6, 6.07) is -0.493. The second kappa shape index (κ2) is 35.2. The fraction of sp³-hybridized carbons (Fsp3) is 0.897. The van der Waals surface area contributed by atoms with Gasteiger partial charge in [0.15, 0.2) is 0 Å². The predicted molar refractivity (Wildman–Crippen MR) is 188 cm³/mol. The van der Waals surface area contributed by atoms with Crippen LogP contribution in [0, 0.1) is 0 Å². The van der Waals surface area contributed by atoms with Gasteiger partial charge in [0.25, 0.3) is 0 Å². The summed E-state index contributed by atoms with van der Waals surface area (Å²) in [6.45, 7) is 7.06. The molecular formula is C39H75NO3. The second-order valence-corrected chi connectivity index (χ2v) is 13.0. The normalized spacial score (nSPS) is 12.2. The van der Waals surface area contributed by atoms with E-state index in [1.54, 1.807) is 0 Å². The van der Waals surface area contributed by atoms with Crippen molar-refractivity contribution in [3.05, 3.63) is 12.2 Å². The van der Waals surface area contributed by atoms with Crippen molar-refractivity contribution in [3.63, 3.8) is 0 Å². The lowest BCUT2D eigenvalue weighted by Gasteiger charge is -2.17. The SMILES string of the molecule is CCCCCCCC/C=C\CCCCCCCC(=O)NC(CCC)C(=O)OCCCCCCCCCCCCCCCC. The highest BCUT2D eigenvalue weighted by Gasteiger charge is 2.21. The van der Waals surface area contributed by atoms with E-state index in [0.29, 0.717) is 19.4 Å². The molecule has 0 aliphatic heterocycles. The van der Waals surface area contributed by atoms with Gasteiger partial charge in [0.05, 0.1) is 6.61 Å². The Bertz CT molecular complexity index is 618. The molecule has 0 heterocycles. The van der Waals surface area contributed by atoms with Gasteiger partial charge in [-0.3, -0.25) is 4.79 Å². The first kappa shape index (κ1) is 41.7. The first-order chi connectivity index (χ1) is 21.2. The van der Waals surface area contributed by atoms with Crippen LogP contribution in [0.15, 0.2) is 12.2 Å². The molecule has 0 saturated heterocycles. The van der Waals surface area contributed by atoms with E-state index < -0.39 is 6.04 Å². The van der Waals surface area contributed by atoms with E-state index in [1.165, 1.54) is 148 Å². The molecule has 0 saturated carbocycles. The fourth-order valence-electron chi connectivity index (χ4n) is 5.73. The smallest absolute Gasteiger partial charge is 0.328 e. The molecule has 0 fully saturated rings. The molecule has 0 bridgehead atoms. The Kier molecular flexibility index (Phi) is 34.1. The summed E-state index contributed by atoms with van der Waals surface area (Å²) in [5.74, 6) is -0.265. The maximum absolute atomic E-state index is 12.6. The van der Waals surface area contributed by atoms with Crippen LogP contribution in [0.5, 0.6) is 0 Å². The number of rotatable bonds is 34. The van der Waals surface area contributed by atoms with Crippen LogP contribution in [0.3, 0.4) is 0 Å². The van der Waals surface area contributed by atoms with Gasteiger partial charge in [-0.05, 0) is 44.9 Å². The topological polar surface area (TPSA) is 55.4 Å². The van der Waals surface area contributed by atoms with Gasteiger partial charge in [0.2, 0.25) is 5.91 Å². The lowest BCUT2D eigenvalue weighted by Crippen LogP contribution is -2.41. The molecule has 1 atom stereocenters. The third-order valence-corrected chi connectivity index (χ3v) is 8.60. The van der Waals surface area contributed by atoms with Crippen molar-refractivity contribution in [1.82, 2.24) is 5.32 Å². The highest BCUT2D eigenvalue weighted by molar-refractivity contribution is 5.84. The fourth-order valence-corrected chi connectivity index (χ4v) is 5.73. The second-order valence-electron chi connectivity index (χ2n) is 13.0. The summed E-state index contributed by atoms with van der Waals surface area (Å²) >= 11 is 0. The lowest BCUT2D eigenvalue weighted by atomic mass is 10.0. The number of nitrogens with one attached hydrogen (secondary N) is 1. The van der Waals surface area contributed by atoms with E-state index in [0.717, 1.165) is 32.1 Å². The van der Waals surface area contributed by atoms with Crippen molar-refractivity contribution >= 4 is 11.9 Å². The van der Waals surface area contributed by atoms with E-state index >= 15 is 0 Å². The standard InChI is InChI=1S/C39H75NO3/c1-4-7-9-11-13-15-17-19-21-22-24-26-28-30-32-35-38(41)40-37(34-6-3)39(42)43-36-33-31-29-27-25-23-20-18-16-14-12-10-8-5-2/h19,21,37H,4-18,20,22-36H2,1-3H3,(H,40,41)/b21-19-. The minimum atomic E-state index is -0.493. The maximum Gasteiger partial charge on any atom is 0.328 e. The van der Waals surface area contributed by atoms with Crippen molar-refractivity contribution in [3.8, 4) is 0 Å². The zero-order valence-corrected chi connectivity index (χ0v) is 29.4. The predicted octanol–water partition coefficient (Wildman–Crippen LogP) is 12.3. The van der Waals surface area contributed by atoms with Crippen LogP contribution < -0.4 is 5.32 Å². The highest BCUT2D eigenvalue weighted by Crippen LogP contribution is 2.14. The molecule has 0 radical (unpaired) electrons. The Morgan fingerprint density at radius 2 is 0.907 bits per heavy atom. The van der Waals surface area contributed by atoms with E-state index in [9.17, 15) is 9.59 Å². The Morgan fingerprint density at radius 1 is 0.512 bits per heavy atom. The van der Waals surface area contributed by atoms with Gasteiger partial charge in [-0.15, -0.1) is 0 Å². The molecular weight excluding hydrogens is 530 g/mol. The van der Waals surface area contributed by atoms with Crippen molar-refractivity contribution in [1.29, 1.82) is 0 Å². The van der Waals surface area contributed by atoms with E-state index in [2.05, 4.69) is 31.3 Å². The van der Waals surface area contributed by atoms with Gasteiger partial charge >= 0.3 is 5.97 Å². The maximum atomic E-state index is 12.6. The largest absolute Gasteiger partial charge is 0.464 e. The molecule has 0 aliphatic carbocycles. The zero-order valence-electron chi connectivity index (χ0n) is 29.4. The third kappa shape index (κ3) is 31.9. The van der Waals surface area contributed by atoms with Crippen molar-refractivity contribution in [2.24, 2.45) is 0 Å². The Hall–Kier alpha value is -1.32. The third-order valence-electron chi connectivity index (χ3n) is 8.60. The van der Waals surface area contributed by atoms with Crippen LogP contribution in [-0.2, 0) is 14.3 Å². The molecule has 43 heavy (non-hydrogen) atoms. The van der Waals surface area contributed by atoms with Crippen molar-refractivity contribution in [2.75, 3.05) is 6.61 Å². The van der Waals surface area contributed by atoms with Crippen molar-refractivity contribution < 1.29 is 14.3 Å². The summed E-state index contributed by atoms with van der Waals surface area (Å²) in [5, 5.41) is 2.95. The number of amides is 1. The van der Waals surface area contributed by atoms with Crippen LogP contribution in [0.25, 0.3) is 0 Å². The van der Waals surface area contributed by atoms with Gasteiger partial charge in [-0.2, -0.15) is 0 Å². The van der Waals surface area contributed by atoms with E-state index in [1.807, 2.05) is 6.92 Å². The number of allylic oxidation sites excluding steroid dienone is 2. The van der Waals surface area contributed by atoms with Gasteiger partial charge in [-0.1, -0.05) is 174 Å². The minimum Gasteiger partial charge on any atom is -0.464 e. The number of esters is 1. The first-order valence-corrected chi connectivity index (χ1v) is 19.3. The molecule has 254 valence electrons. The molecule has 0 aromatic carbocycles. The first-order valence-electron chi connectivity index (χ1n) is 19.3. The molecule has 0 rings (SSSR count). The molecule has 1 unspecified atom stereocenters. The molecule has 0 aromatic heterocycles.